The third-order valence-corrected chi connectivity index (χ3v) is 3.50. The van der Waals surface area contributed by atoms with Crippen LogP contribution in [0.2, 0.25) is 0 Å². The number of aryl methyl sites for hydroxylation is 2. The molecule has 0 atom stereocenters. The summed E-state index contributed by atoms with van der Waals surface area (Å²) in [5, 5.41) is 0. The second-order valence-corrected chi connectivity index (χ2v) is 5.32. The molecule has 0 saturated heterocycles. The van der Waals surface area contributed by atoms with Gasteiger partial charge in [-0.15, -0.1) is 0 Å². The van der Waals surface area contributed by atoms with Crippen LogP contribution in [0.25, 0.3) is 0 Å². The van der Waals surface area contributed by atoms with Crippen molar-refractivity contribution in [3.63, 3.8) is 0 Å². The van der Waals surface area contributed by atoms with Crippen molar-refractivity contribution in [1.29, 1.82) is 0 Å². The first-order valence-corrected chi connectivity index (χ1v) is 7.58. The van der Waals surface area contributed by atoms with Gasteiger partial charge in [-0.05, 0) is 60.4 Å². The van der Waals surface area contributed by atoms with E-state index in [0.717, 1.165) is 59.7 Å². The topological polar surface area (TPSA) is 61.3 Å². The van der Waals surface area contributed by atoms with Crippen molar-refractivity contribution in [2.45, 2.75) is 39.5 Å². The van der Waals surface area contributed by atoms with Gasteiger partial charge in [-0.2, -0.15) is 0 Å². The fourth-order valence-corrected chi connectivity index (χ4v) is 2.40. The molecule has 0 fully saturated rings. The van der Waals surface area contributed by atoms with Crippen LogP contribution in [0.4, 0.5) is 11.4 Å². The second-order valence-electron chi connectivity index (χ2n) is 5.32. The summed E-state index contributed by atoms with van der Waals surface area (Å²) < 4.78 is 5.95. The maximum absolute atomic E-state index is 5.98. The lowest BCUT2D eigenvalue weighted by molar-refractivity contribution is 0.481. The lowest BCUT2D eigenvalue weighted by atomic mass is 10.1. The lowest BCUT2D eigenvalue weighted by Crippen LogP contribution is -1.97. The zero-order valence-corrected chi connectivity index (χ0v) is 12.9. The molecule has 4 N–H and O–H groups in total. The Kier molecular flexibility index (Phi) is 5.09. The first-order valence-electron chi connectivity index (χ1n) is 7.58. The molecule has 3 nitrogen and oxygen atoms in total. The summed E-state index contributed by atoms with van der Waals surface area (Å²) in [7, 11) is 0. The van der Waals surface area contributed by atoms with Crippen molar-refractivity contribution in [1.82, 2.24) is 0 Å². The van der Waals surface area contributed by atoms with Crippen LogP contribution in [-0.4, -0.2) is 0 Å². The molecule has 2 rings (SSSR count). The Morgan fingerprint density at radius 2 is 1.19 bits per heavy atom. The summed E-state index contributed by atoms with van der Waals surface area (Å²) >= 11 is 0. The van der Waals surface area contributed by atoms with Gasteiger partial charge in [0.05, 0.1) is 0 Å². The summed E-state index contributed by atoms with van der Waals surface area (Å²) in [6.45, 7) is 4.29. The van der Waals surface area contributed by atoms with E-state index in [4.69, 9.17) is 16.2 Å². The number of benzene rings is 2. The van der Waals surface area contributed by atoms with Gasteiger partial charge in [0.1, 0.15) is 11.5 Å². The molecule has 2 aromatic rings. The molecule has 21 heavy (non-hydrogen) atoms. The molecule has 0 amide bonds. The summed E-state index contributed by atoms with van der Waals surface area (Å²) in [6, 6.07) is 11.7. The molecule has 0 radical (unpaired) electrons. The zero-order valence-electron chi connectivity index (χ0n) is 12.9. The summed E-state index contributed by atoms with van der Waals surface area (Å²) in [5.74, 6) is 1.64. The molecule has 3 heteroatoms. The average molecular weight is 284 g/mol. The third-order valence-electron chi connectivity index (χ3n) is 3.50. The van der Waals surface area contributed by atoms with Gasteiger partial charge in [0.15, 0.2) is 0 Å². The Balaban J connectivity index is 2.21. The van der Waals surface area contributed by atoms with Gasteiger partial charge in [0.25, 0.3) is 0 Å². The molecule has 0 unspecified atom stereocenters. The minimum Gasteiger partial charge on any atom is -0.457 e. The molecule has 2 aromatic carbocycles. The SMILES string of the molecule is CCCc1cc(Oc2ccc(N)c(CCC)c2)ccc1N. The Morgan fingerprint density at radius 1 is 0.762 bits per heavy atom. The molecule has 0 bridgehead atoms. The smallest absolute Gasteiger partial charge is 0.127 e. The summed E-state index contributed by atoms with van der Waals surface area (Å²) in [4.78, 5) is 0. The van der Waals surface area contributed by atoms with Crippen LogP contribution in [0.3, 0.4) is 0 Å². The van der Waals surface area contributed by atoms with Crippen molar-refractivity contribution < 1.29 is 4.74 Å². The maximum atomic E-state index is 5.98. The number of hydrogen-bond donors (Lipinski definition) is 2. The van der Waals surface area contributed by atoms with Crippen LogP contribution in [0.15, 0.2) is 36.4 Å². The normalized spacial score (nSPS) is 10.6. The zero-order chi connectivity index (χ0) is 15.2. The Hall–Kier alpha value is -2.16. The Bertz CT molecular complexity index is 555. The van der Waals surface area contributed by atoms with E-state index in [1.54, 1.807) is 0 Å². The number of ether oxygens (including phenoxy) is 1. The molecule has 0 saturated carbocycles. The van der Waals surface area contributed by atoms with Gasteiger partial charge in [0, 0.05) is 11.4 Å². The average Bonchev–Trinajstić information content (AvgIpc) is 2.47. The van der Waals surface area contributed by atoms with E-state index >= 15 is 0 Å². The standard InChI is InChI=1S/C18H24N2O/c1-3-5-13-11-15(7-9-17(13)19)21-16-8-10-18(20)14(12-16)6-4-2/h7-12H,3-6,19-20H2,1-2H3. The third kappa shape index (κ3) is 3.91. The van der Waals surface area contributed by atoms with Gasteiger partial charge in [-0.1, -0.05) is 26.7 Å². The van der Waals surface area contributed by atoms with Crippen molar-refractivity contribution in [2.75, 3.05) is 11.5 Å². The molecule has 0 aliphatic carbocycles. The number of hydrogen-bond acceptors (Lipinski definition) is 3. The van der Waals surface area contributed by atoms with E-state index in [1.165, 1.54) is 0 Å². The van der Waals surface area contributed by atoms with Crippen LogP contribution in [0.5, 0.6) is 11.5 Å². The molecule has 0 aromatic heterocycles. The number of nitrogens with two attached hydrogens (primary N) is 2. The fourth-order valence-electron chi connectivity index (χ4n) is 2.40. The van der Waals surface area contributed by atoms with Crippen LogP contribution in [0.1, 0.15) is 37.8 Å². The van der Waals surface area contributed by atoms with Crippen LogP contribution < -0.4 is 16.2 Å². The molecule has 0 aliphatic heterocycles. The van der Waals surface area contributed by atoms with Gasteiger partial charge in [-0.3, -0.25) is 0 Å². The molecular formula is C18H24N2O. The molecular weight excluding hydrogens is 260 g/mol. The van der Waals surface area contributed by atoms with Crippen molar-refractivity contribution in [2.24, 2.45) is 0 Å². The number of rotatable bonds is 6. The highest BCUT2D eigenvalue weighted by molar-refractivity contribution is 5.53. The van der Waals surface area contributed by atoms with Crippen molar-refractivity contribution >= 4 is 11.4 Å². The van der Waals surface area contributed by atoms with Crippen LogP contribution in [0, 0.1) is 0 Å². The second kappa shape index (κ2) is 7.02. The first-order chi connectivity index (χ1) is 10.1. The monoisotopic (exact) mass is 284 g/mol. The quantitative estimate of drug-likeness (QED) is 0.765. The van der Waals surface area contributed by atoms with Gasteiger partial charge >= 0.3 is 0 Å². The van der Waals surface area contributed by atoms with Crippen LogP contribution >= 0.6 is 0 Å². The highest BCUT2D eigenvalue weighted by Gasteiger charge is 2.05. The molecule has 0 spiro atoms. The first kappa shape index (κ1) is 15.2. The van der Waals surface area contributed by atoms with E-state index in [2.05, 4.69) is 13.8 Å². The van der Waals surface area contributed by atoms with E-state index in [0.29, 0.717) is 0 Å². The largest absolute Gasteiger partial charge is 0.457 e. The lowest BCUT2D eigenvalue weighted by Gasteiger charge is -2.12. The predicted molar refractivity (Wildman–Crippen MR) is 89.8 cm³/mol. The maximum Gasteiger partial charge on any atom is 0.127 e. The number of nitrogen functional groups attached to an aromatic ring is 2. The van der Waals surface area contributed by atoms with Gasteiger partial charge in [-0.25, -0.2) is 0 Å². The minimum absolute atomic E-state index is 0.819. The van der Waals surface area contributed by atoms with E-state index in [-0.39, 0.29) is 0 Å². The Morgan fingerprint density at radius 3 is 1.57 bits per heavy atom. The van der Waals surface area contributed by atoms with Crippen LogP contribution in [-0.2, 0) is 12.8 Å². The van der Waals surface area contributed by atoms with Crippen molar-refractivity contribution in [3.8, 4) is 11.5 Å². The molecule has 0 aliphatic rings. The highest BCUT2D eigenvalue weighted by Crippen LogP contribution is 2.28. The predicted octanol–water partition coefficient (Wildman–Crippen LogP) is 4.55. The van der Waals surface area contributed by atoms with Gasteiger partial charge in [0.2, 0.25) is 0 Å². The summed E-state index contributed by atoms with van der Waals surface area (Å²) in [6.07, 6.45) is 4.06. The van der Waals surface area contributed by atoms with E-state index in [9.17, 15) is 0 Å². The van der Waals surface area contributed by atoms with E-state index in [1.807, 2.05) is 36.4 Å². The number of anilines is 2. The van der Waals surface area contributed by atoms with Crippen molar-refractivity contribution in [3.05, 3.63) is 47.5 Å². The molecule has 0 heterocycles. The Labute approximate surface area is 126 Å². The highest BCUT2D eigenvalue weighted by atomic mass is 16.5. The molecule has 112 valence electrons. The minimum atomic E-state index is 0.819. The summed E-state index contributed by atoms with van der Waals surface area (Å²) in [5.41, 5.74) is 15.9. The van der Waals surface area contributed by atoms with E-state index < -0.39 is 0 Å². The fraction of sp³-hybridized carbons (Fsp3) is 0.333. The van der Waals surface area contributed by atoms with Gasteiger partial charge < -0.3 is 16.2 Å².